The van der Waals surface area contributed by atoms with Gasteiger partial charge in [0, 0.05) is 26.1 Å². The molecule has 84 valence electrons. The van der Waals surface area contributed by atoms with Crippen LogP contribution in [0, 0.1) is 0 Å². The van der Waals surface area contributed by atoms with Gasteiger partial charge in [0.1, 0.15) is 0 Å². The lowest BCUT2D eigenvalue weighted by molar-refractivity contribution is 0.0782. The number of carbonyl (C=O) groups excluding carboxylic acids is 1. The molecule has 1 heterocycles. The summed E-state index contributed by atoms with van der Waals surface area (Å²) < 4.78 is 4.91. The molecule has 5 heteroatoms. The van der Waals surface area contributed by atoms with Crippen molar-refractivity contribution in [3.63, 3.8) is 0 Å². The number of amides is 1. The summed E-state index contributed by atoms with van der Waals surface area (Å²) in [5.74, 6) is -0.00185. The van der Waals surface area contributed by atoms with E-state index in [4.69, 9.17) is 16.3 Å². The van der Waals surface area contributed by atoms with Crippen molar-refractivity contribution in [2.75, 3.05) is 27.3 Å². The predicted octanol–water partition coefficient (Wildman–Crippen LogP) is 2.07. The van der Waals surface area contributed by atoms with Crippen LogP contribution in [-0.2, 0) is 4.74 Å². The lowest BCUT2D eigenvalue weighted by Gasteiger charge is -2.19. The Morgan fingerprint density at radius 3 is 3.00 bits per heavy atom. The maximum Gasteiger partial charge on any atom is 0.254 e. The zero-order valence-electron chi connectivity index (χ0n) is 8.77. The molecule has 15 heavy (non-hydrogen) atoms. The molecule has 0 aliphatic heterocycles. The molecule has 1 unspecified atom stereocenters. The average molecular weight is 248 g/mol. The number of carbonyl (C=O) groups is 1. The molecule has 1 aromatic rings. The Morgan fingerprint density at radius 2 is 2.47 bits per heavy atom. The van der Waals surface area contributed by atoms with Crippen molar-refractivity contribution in [3.8, 4) is 0 Å². The second-order valence-electron chi connectivity index (χ2n) is 3.25. The summed E-state index contributed by atoms with van der Waals surface area (Å²) in [5, 5.41) is 3.55. The van der Waals surface area contributed by atoms with Gasteiger partial charge in [-0.25, -0.2) is 0 Å². The van der Waals surface area contributed by atoms with E-state index in [0.29, 0.717) is 18.7 Å². The lowest BCUT2D eigenvalue weighted by atomic mass is 10.3. The number of rotatable bonds is 5. The van der Waals surface area contributed by atoms with Crippen molar-refractivity contribution in [3.05, 3.63) is 22.4 Å². The van der Waals surface area contributed by atoms with Crippen LogP contribution in [0.2, 0.25) is 0 Å². The molecule has 1 aromatic heterocycles. The van der Waals surface area contributed by atoms with Gasteiger partial charge in [0.2, 0.25) is 0 Å². The minimum absolute atomic E-state index is 0.00185. The molecule has 0 radical (unpaired) electrons. The van der Waals surface area contributed by atoms with Crippen molar-refractivity contribution < 1.29 is 9.53 Å². The van der Waals surface area contributed by atoms with Crippen molar-refractivity contribution in [2.24, 2.45) is 0 Å². The third-order valence-electron chi connectivity index (χ3n) is 1.93. The lowest BCUT2D eigenvalue weighted by Crippen LogP contribution is -2.33. The maximum atomic E-state index is 11.8. The summed E-state index contributed by atoms with van der Waals surface area (Å²) in [7, 11) is 3.33. The molecule has 0 aliphatic rings. The molecule has 0 aliphatic carbocycles. The number of hydrogen-bond donors (Lipinski definition) is 0. The van der Waals surface area contributed by atoms with Crippen molar-refractivity contribution >= 4 is 28.8 Å². The highest BCUT2D eigenvalue weighted by Gasteiger charge is 2.15. The topological polar surface area (TPSA) is 29.5 Å². The fourth-order valence-electron chi connectivity index (χ4n) is 1.22. The Labute approximate surface area is 98.6 Å². The number of halogens is 1. The minimum Gasteiger partial charge on any atom is -0.383 e. The molecular weight excluding hydrogens is 234 g/mol. The van der Waals surface area contributed by atoms with Crippen molar-refractivity contribution in [1.82, 2.24) is 4.90 Å². The van der Waals surface area contributed by atoms with Crippen LogP contribution in [0.1, 0.15) is 10.4 Å². The summed E-state index contributed by atoms with van der Waals surface area (Å²) in [6, 6.07) is 1.81. The molecule has 0 N–H and O–H groups in total. The van der Waals surface area contributed by atoms with E-state index < -0.39 is 0 Å². The van der Waals surface area contributed by atoms with Gasteiger partial charge in [-0.2, -0.15) is 11.3 Å². The Bertz CT molecular complexity index is 302. The number of nitrogens with zero attached hydrogens (tertiary/aromatic N) is 1. The van der Waals surface area contributed by atoms with E-state index in [0.717, 1.165) is 0 Å². The van der Waals surface area contributed by atoms with Crippen LogP contribution in [0.25, 0.3) is 0 Å². The van der Waals surface area contributed by atoms with Crippen LogP contribution in [0.5, 0.6) is 0 Å². The summed E-state index contributed by atoms with van der Waals surface area (Å²) in [5.41, 5.74) is 0.712. The first-order chi connectivity index (χ1) is 7.15. The van der Waals surface area contributed by atoms with Gasteiger partial charge in [0.15, 0.2) is 0 Å². The largest absolute Gasteiger partial charge is 0.383 e. The van der Waals surface area contributed by atoms with Crippen LogP contribution in [0.15, 0.2) is 16.8 Å². The number of ether oxygens (including phenoxy) is 1. The predicted molar refractivity (Wildman–Crippen MR) is 62.8 cm³/mol. The van der Waals surface area contributed by atoms with E-state index in [9.17, 15) is 4.79 Å². The highest BCUT2D eigenvalue weighted by atomic mass is 35.5. The normalized spacial score (nSPS) is 12.5. The second kappa shape index (κ2) is 6.10. The first-order valence-corrected chi connectivity index (χ1v) is 5.93. The SMILES string of the molecule is COCC(Cl)CN(C)C(=O)c1ccsc1. The van der Waals surface area contributed by atoms with Crippen molar-refractivity contribution in [1.29, 1.82) is 0 Å². The Kier molecular flexibility index (Phi) is 5.08. The van der Waals surface area contributed by atoms with Gasteiger partial charge in [-0.15, -0.1) is 11.6 Å². The van der Waals surface area contributed by atoms with Crippen LogP contribution in [0.3, 0.4) is 0 Å². The zero-order valence-corrected chi connectivity index (χ0v) is 10.3. The third kappa shape index (κ3) is 3.81. The number of methoxy groups -OCH3 is 1. The van der Waals surface area contributed by atoms with Crippen molar-refractivity contribution in [2.45, 2.75) is 5.38 Å². The van der Waals surface area contributed by atoms with Gasteiger partial charge >= 0.3 is 0 Å². The van der Waals surface area contributed by atoms with Gasteiger partial charge in [0.05, 0.1) is 17.5 Å². The highest BCUT2D eigenvalue weighted by molar-refractivity contribution is 7.08. The van der Waals surface area contributed by atoms with E-state index in [1.807, 2.05) is 16.8 Å². The Morgan fingerprint density at radius 1 is 1.73 bits per heavy atom. The van der Waals surface area contributed by atoms with E-state index in [1.165, 1.54) is 11.3 Å². The molecule has 0 bridgehead atoms. The summed E-state index contributed by atoms with van der Waals surface area (Å²) >= 11 is 7.47. The zero-order chi connectivity index (χ0) is 11.3. The first kappa shape index (κ1) is 12.5. The van der Waals surface area contributed by atoms with Crippen LogP contribution in [-0.4, -0.2) is 43.5 Å². The highest BCUT2D eigenvalue weighted by Crippen LogP contribution is 2.10. The summed E-state index contributed by atoms with van der Waals surface area (Å²) in [6.45, 7) is 0.937. The number of alkyl halides is 1. The van der Waals surface area contributed by atoms with Crippen LogP contribution >= 0.6 is 22.9 Å². The fourth-order valence-corrected chi connectivity index (χ4v) is 2.18. The molecule has 0 fully saturated rings. The smallest absolute Gasteiger partial charge is 0.254 e. The van der Waals surface area contributed by atoms with Crippen LogP contribution < -0.4 is 0 Å². The number of hydrogen-bond acceptors (Lipinski definition) is 3. The van der Waals surface area contributed by atoms with E-state index in [1.54, 1.807) is 19.1 Å². The van der Waals surface area contributed by atoms with Gasteiger partial charge in [0.25, 0.3) is 5.91 Å². The molecule has 1 rings (SSSR count). The maximum absolute atomic E-state index is 11.8. The summed E-state index contributed by atoms with van der Waals surface area (Å²) in [6.07, 6.45) is 0. The van der Waals surface area contributed by atoms with Gasteiger partial charge in [-0.1, -0.05) is 0 Å². The molecule has 1 atom stereocenters. The molecule has 3 nitrogen and oxygen atoms in total. The molecule has 1 amide bonds. The van der Waals surface area contributed by atoms with Crippen LogP contribution in [0.4, 0.5) is 0 Å². The van der Waals surface area contributed by atoms with Gasteiger partial charge in [-0.05, 0) is 11.4 Å². The second-order valence-corrected chi connectivity index (χ2v) is 4.65. The molecule has 0 spiro atoms. The molecule has 0 aromatic carbocycles. The van der Waals surface area contributed by atoms with E-state index in [2.05, 4.69) is 0 Å². The summed E-state index contributed by atoms with van der Waals surface area (Å²) in [4.78, 5) is 13.4. The van der Waals surface area contributed by atoms with E-state index >= 15 is 0 Å². The Hall–Kier alpha value is -0.580. The standard InChI is InChI=1S/C10H14ClNO2S/c1-12(5-9(11)6-14-2)10(13)8-3-4-15-7-8/h3-4,7,9H,5-6H2,1-2H3. The monoisotopic (exact) mass is 247 g/mol. The average Bonchev–Trinajstić information content (AvgIpc) is 2.69. The number of thiophene rings is 1. The molecular formula is C10H14ClNO2S. The quantitative estimate of drug-likeness (QED) is 0.746. The van der Waals surface area contributed by atoms with E-state index in [-0.39, 0.29) is 11.3 Å². The molecule has 0 saturated carbocycles. The Balaban J connectivity index is 2.47. The first-order valence-electron chi connectivity index (χ1n) is 4.55. The van der Waals surface area contributed by atoms with Gasteiger partial charge < -0.3 is 9.64 Å². The van der Waals surface area contributed by atoms with Gasteiger partial charge in [-0.3, -0.25) is 4.79 Å². The third-order valence-corrected chi connectivity index (χ3v) is 2.88. The fraction of sp³-hybridized carbons (Fsp3) is 0.500. The minimum atomic E-state index is -0.164. The molecule has 0 saturated heterocycles.